The SMILES string of the molecule is C=CC(=O)O.C=CCC(=O)O.O=C1C=CC(=O)O1. The minimum absolute atomic E-state index is 0.0556. The molecule has 0 bridgehead atoms. The van der Waals surface area contributed by atoms with Gasteiger partial charge in [0.15, 0.2) is 0 Å². The first-order valence-electron chi connectivity index (χ1n) is 4.45. The first kappa shape index (κ1) is 17.7. The average Bonchev–Trinajstić information content (AvgIpc) is 2.64. The Kier molecular flexibility index (Phi) is 10.6. The van der Waals surface area contributed by atoms with Gasteiger partial charge in [0, 0.05) is 18.2 Å². The van der Waals surface area contributed by atoms with Crippen molar-refractivity contribution in [2.24, 2.45) is 0 Å². The zero-order valence-corrected chi connectivity index (χ0v) is 9.37. The topological polar surface area (TPSA) is 118 Å². The van der Waals surface area contributed by atoms with E-state index in [0.29, 0.717) is 0 Å². The smallest absolute Gasteiger partial charge is 0.338 e. The quantitative estimate of drug-likeness (QED) is 0.327. The van der Waals surface area contributed by atoms with Crippen molar-refractivity contribution in [1.29, 1.82) is 0 Å². The summed E-state index contributed by atoms with van der Waals surface area (Å²) in [4.78, 5) is 38.6. The van der Waals surface area contributed by atoms with E-state index in [2.05, 4.69) is 17.9 Å². The van der Waals surface area contributed by atoms with Gasteiger partial charge in [-0.3, -0.25) is 4.79 Å². The van der Waals surface area contributed by atoms with Crippen molar-refractivity contribution in [2.75, 3.05) is 0 Å². The maximum Gasteiger partial charge on any atom is 0.338 e. The van der Waals surface area contributed by atoms with Crippen LogP contribution in [-0.4, -0.2) is 34.1 Å². The molecular weight excluding hydrogens is 244 g/mol. The van der Waals surface area contributed by atoms with Crippen LogP contribution in [0.3, 0.4) is 0 Å². The fourth-order valence-electron chi connectivity index (χ4n) is 0.427. The molecule has 0 aromatic rings. The Morgan fingerprint density at radius 2 is 1.56 bits per heavy atom. The molecule has 0 aromatic carbocycles. The largest absolute Gasteiger partial charge is 0.481 e. The van der Waals surface area contributed by atoms with E-state index in [4.69, 9.17) is 10.2 Å². The lowest BCUT2D eigenvalue weighted by Gasteiger charge is -1.80. The summed E-state index contributed by atoms with van der Waals surface area (Å²) < 4.78 is 3.97. The van der Waals surface area contributed by atoms with Crippen molar-refractivity contribution in [3.63, 3.8) is 0 Å². The van der Waals surface area contributed by atoms with Crippen LogP contribution in [0.2, 0.25) is 0 Å². The van der Waals surface area contributed by atoms with Crippen molar-refractivity contribution in [1.82, 2.24) is 0 Å². The summed E-state index contributed by atoms with van der Waals surface area (Å²) in [6, 6.07) is 0. The molecule has 1 aliphatic rings. The maximum atomic E-state index is 9.92. The third-order valence-corrected chi connectivity index (χ3v) is 1.05. The van der Waals surface area contributed by atoms with Crippen LogP contribution in [0.15, 0.2) is 37.5 Å². The molecule has 98 valence electrons. The van der Waals surface area contributed by atoms with Gasteiger partial charge >= 0.3 is 23.9 Å². The molecule has 2 N–H and O–H groups in total. The van der Waals surface area contributed by atoms with Crippen LogP contribution in [0.25, 0.3) is 0 Å². The second kappa shape index (κ2) is 10.8. The molecule has 0 amide bonds. The minimum atomic E-state index is -0.981. The van der Waals surface area contributed by atoms with Gasteiger partial charge in [0.05, 0.1) is 6.42 Å². The number of ether oxygens (including phenoxy) is 1. The Balaban J connectivity index is 0. The van der Waals surface area contributed by atoms with Crippen LogP contribution < -0.4 is 0 Å². The van der Waals surface area contributed by atoms with Crippen molar-refractivity contribution in [2.45, 2.75) is 6.42 Å². The van der Waals surface area contributed by atoms with Crippen LogP contribution in [0.4, 0.5) is 0 Å². The Hall–Kier alpha value is -2.70. The second-order valence-corrected chi connectivity index (χ2v) is 2.50. The van der Waals surface area contributed by atoms with E-state index in [-0.39, 0.29) is 6.42 Å². The fraction of sp³-hybridized carbons (Fsp3) is 0.0909. The van der Waals surface area contributed by atoms with Crippen molar-refractivity contribution in [3.8, 4) is 0 Å². The van der Waals surface area contributed by atoms with E-state index in [1.165, 1.54) is 6.08 Å². The molecule has 0 aliphatic carbocycles. The third kappa shape index (κ3) is 15.8. The van der Waals surface area contributed by atoms with E-state index >= 15 is 0 Å². The number of carboxylic acid groups (broad SMARTS) is 2. The minimum Gasteiger partial charge on any atom is -0.481 e. The van der Waals surface area contributed by atoms with E-state index in [0.717, 1.165) is 18.2 Å². The van der Waals surface area contributed by atoms with Crippen molar-refractivity contribution < 1.29 is 34.1 Å². The molecule has 1 rings (SSSR count). The molecule has 0 aromatic heterocycles. The lowest BCUT2D eigenvalue weighted by Crippen LogP contribution is -1.96. The van der Waals surface area contributed by atoms with Crippen LogP contribution in [0.1, 0.15) is 6.42 Å². The molecule has 0 radical (unpaired) electrons. The molecule has 18 heavy (non-hydrogen) atoms. The highest BCUT2D eigenvalue weighted by atomic mass is 16.6. The monoisotopic (exact) mass is 256 g/mol. The highest BCUT2D eigenvalue weighted by molar-refractivity contribution is 6.04. The lowest BCUT2D eigenvalue weighted by atomic mass is 10.4. The summed E-state index contributed by atoms with van der Waals surface area (Å²) in [7, 11) is 0. The Labute approximate surface area is 103 Å². The van der Waals surface area contributed by atoms with Crippen LogP contribution >= 0.6 is 0 Å². The molecule has 0 saturated heterocycles. The lowest BCUT2D eigenvalue weighted by molar-refractivity contribution is -0.150. The van der Waals surface area contributed by atoms with E-state index in [1.807, 2.05) is 0 Å². The van der Waals surface area contributed by atoms with Gasteiger partial charge in [0.1, 0.15) is 0 Å². The van der Waals surface area contributed by atoms with E-state index < -0.39 is 23.9 Å². The summed E-state index contributed by atoms with van der Waals surface area (Å²) in [5, 5.41) is 15.4. The van der Waals surface area contributed by atoms with E-state index in [1.54, 1.807) is 0 Å². The molecular formula is C11H12O7. The van der Waals surface area contributed by atoms with Gasteiger partial charge in [0.25, 0.3) is 0 Å². The summed E-state index contributed by atoms with van der Waals surface area (Å²) in [5.41, 5.74) is 0. The van der Waals surface area contributed by atoms with Crippen molar-refractivity contribution in [3.05, 3.63) is 37.5 Å². The van der Waals surface area contributed by atoms with Gasteiger partial charge < -0.3 is 14.9 Å². The number of hydrogen-bond acceptors (Lipinski definition) is 5. The molecule has 0 spiro atoms. The number of cyclic esters (lactones) is 2. The summed E-state index contributed by atoms with van der Waals surface area (Å²) in [6.45, 7) is 6.18. The van der Waals surface area contributed by atoms with Crippen LogP contribution in [0.5, 0.6) is 0 Å². The molecule has 1 aliphatic heterocycles. The molecule has 1 heterocycles. The predicted molar refractivity (Wildman–Crippen MR) is 60.5 cm³/mol. The molecule has 7 nitrogen and oxygen atoms in total. The molecule has 7 heteroatoms. The first-order valence-corrected chi connectivity index (χ1v) is 4.45. The summed E-state index contributed by atoms with van der Waals surface area (Å²) >= 11 is 0. The zero-order valence-electron chi connectivity index (χ0n) is 9.37. The summed E-state index contributed by atoms with van der Waals surface area (Å²) in [5.74, 6) is -2.97. The number of carbonyl (C=O) groups excluding carboxylic acids is 2. The average molecular weight is 256 g/mol. The maximum absolute atomic E-state index is 9.92. The van der Waals surface area contributed by atoms with Crippen LogP contribution in [0, 0.1) is 0 Å². The number of esters is 2. The number of hydrogen-bond donors (Lipinski definition) is 2. The Bertz CT molecular complexity index is 363. The van der Waals surface area contributed by atoms with Crippen LogP contribution in [-0.2, 0) is 23.9 Å². The summed E-state index contributed by atoms with van der Waals surface area (Å²) in [6.07, 6.45) is 4.41. The standard InChI is InChI=1S/C4H2O3.C4H6O2.C3H4O2/c5-3-1-2-4(6)7-3;1-2-3-4(5)6;1-2-3(4)5/h1-2H;2H,1,3H2,(H,5,6);2H,1H2,(H,4,5). The Morgan fingerprint density at radius 3 is 1.61 bits per heavy atom. The molecule has 0 atom stereocenters. The number of carboxylic acids is 2. The third-order valence-electron chi connectivity index (χ3n) is 1.05. The number of rotatable bonds is 3. The number of aliphatic carboxylic acids is 2. The normalized spacial score (nSPS) is 11.1. The van der Waals surface area contributed by atoms with Gasteiger partial charge in [-0.1, -0.05) is 12.7 Å². The van der Waals surface area contributed by atoms with Gasteiger partial charge in [-0.05, 0) is 0 Å². The first-order chi connectivity index (χ1) is 8.33. The molecule has 0 unspecified atom stereocenters. The molecule has 0 fully saturated rings. The number of carbonyl (C=O) groups is 4. The fourth-order valence-corrected chi connectivity index (χ4v) is 0.427. The Morgan fingerprint density at radius 1 is 1.17 bits per heavy atom. The highest BCUT2D eigenvalue weighted by Gasteiger charge is 2.10. The van der Waals surface area contributed by atoms with Gasteiger partial charge in [-0.15, -0.1) is 6.58 Å². The second-order valence-electron chi connectivity index (χ2n) is 2.50. The van der Waals surface area contributed by atoms with E-state index in [9.17, 15) is 19.2 Å². The zero-order chi connectivity index (χ0) is 14.6. The van der Waals surface area contributed by atoms with Gasteiger partial charge in [-0.25, -0.2) is 14.4 Å². The predicted octanol–water partition coefficient (Wildman–Crippen LogP) is 0.530. The van der Waals surface area contributed by atoms with Gasteiger partial charge in [0.2, 0.25) is 0 Å². The van der Waals surface area contributed by atoms with Gasteiger partial charge in [-0.2, -0.15) is 0 Å². The van der Waals surface area contributed by atoms with Crippen molar-refractivity contribution >= 4 is 23.9 Å². The molecule has 0 saturated carbocycles. The highest BCUT2D eigenvalue weighted by Crippen LogP contribution is 1.92.